The van der Waals surface area contributed by atoms with Crippen molar-refractivity contribution in [3.63, 3.8) is 0 Å². The van der Waals surface area contributed by atoms with Crippen LogP contribution < -0.4 is 4.90 Å². The standard InChI is InChI=1S/C15H14BrN3O2S/c16-10-8-22-14-12(10)17-15(19-5-1-3-9(19)7-20)18-13(14)11-4-2-6-21-11/h2,4,6,8-9,20H,1,3,5,7H2. The number of thiophene rings is 1. The van der Waals surface area contributed by atoms with E-state index in [1.807, 2.05) is 17.5 Å². The van der Waals surface area contributed by atoms with Crippen LogP contribution in [-0.2, 0) is 0 Å². The summed E-state index contributed by atoms with van der Waals surface area (Å²) >= 11 is 5.16. The topological polar surface area (TPSA) is 62.4 Å². The zero-order valence-corrected chi connectivity index (χ0v) is 14.1. The second-order valence-electron chi connectivity index (χ2n) is 5.28. The average molecular weight is 380 g/mol. The molecular weight excluding hydrogens is 366 g/mol. The Morgan fingerprint density at radius 2 is 2.36 bits per heavy atom. The van der Waals surface area contributed by atoms with Crippen molar-refractivity contribution in [1.29, 1.82) is 0 Å². The van der Waals surface area contributed by atoms with Crippen LogP contribution in [0.1, 0.15) is 12.8 Å². The first-order valence-corrected chi connectivity index (χ1v) is 8.81. The van der Waals surface area contributed by atoms with Crippen molar-refractivity contribution in [2.45, 2.75) is 18.9 Å². The van der Waals surface area contributed by atoms with Crippen LogP contribution in [0.25, 0.3) is 21.7 Å². The molecule has 7 heteroatoms. The van der Waals surface area contributed by atoms with Gasteiger partial charge in [-0.1, -0.05) is 0 Å². The van der Waals surface area contributed by atoms with Crippen LogP contribution in [0.15, 0.2) is 32.7 Å². The van der Waals surface area contributed by atoms with Gasteiger partial charge in [-0.15, -0.1) is 11.3 Å². The fourth-order valence-corrected chi connectivity index (χ4v) is 4.43. The first-order valence-electron chi connectivity index (χ1n) is 7.14. The van der Waals surface area contributed by atoms with Gasteiger partial charge >= 0.3 is 0 Å². The number of aromatic nitrogens is 2. The van der Waals surface area contributed by atoms with E-state index in [1.165, 1.54) is 0 Å². The average Bonchev–Trinajstić information content (AvgIpc) is 3.27. The minimum absolute atomic E-state index is 0.0966. The summed E-state index contributed by atoms with van der Waals surface area (Å²) in [4.78, 5) is 11.5. The number of furan rings is 1. The Hall–Kier alpha value is -1.44. The Morgan fingerprint density at radius 1 is 1.45 bits per heavy atom. The zero-order chi connectivity index (χ0) is 15.1. The molecule has 114 valence electrons. The van der Waals surface area contributed by atoms with Gasteiger partial charge < -0.3 is 14.4 Å². The molecule has 5 nitrogen and oxygen atoms in total. The van der Waals surface area contributed by atoms with E-state index in [2.05, 4.69) is 20.8 Å². The number of halogens is 1. The number of hydrogen-bond donors (Lipinski definition) is 1. The van der Waals surface area contributed by atoms with E-state index in [0.29, 0.717) is 5.95 Å². The number of aliphatic hydroxyl groups is 1. The lowest BCUT2D eigenvalue weighted by molar-refractivity contribution is 0.265. The van der Waals surface area contributed by atoms with Crippen LogP contribution in [-0.4, -0.2) is 34.3 Å². The molecule has 0 amide bonds. The van der Waals surface area contributed by atoms with Crippen molar-refractivity contribution in [2.24, 2.45) is 0 Å². The molecule has 0 radical (unpaired) electrons. The molecule has 0 aromatic carbocycles. The molecule has 0 spiro atoms. The number of hydrogen-bond acceptors (Lipinski definition) is 6. The quantitative estimate of drug-likeness (QED) is 0.751. The zero-order valence-electron chi connectivity index (χ0n) is 11.7. The van der Waals surface area contributed by atoms with Gasteiger partial charge in [0.05, 0.1) is 28.1 Å². The van der Waals surface area contributed by atoms with Crippen molar-refractivity contribution in [2.75, 3.05) is 18.1 Å². The van der Waals surface area contributed by atoms with Crippen LogP contribution in [0.2, 0.25) is 0 Å². The van der Waals surface area contributed by atoms with Gasteiger partial charge in [0.1, 0.15) is 11.2 Å². The van der Waals surface area contributed by atoms with Gasteiger partial charge in [0.15, 0.2) is 5.76 Å². The van der Waals surface area contributed by atoms with E-state index < -0.39 is 0 Å². The molecule has 3 aromatic heterocycles. The van der Waals surface area contributed by atoms with Crippen molar-refractivity contribution in [3.05, 3.63) is 28.2 Å². The summed E-state index contributed by atoms with van der Waals surface area (Å²) in [6.07, 6.45) is 3.67. The van der Waals surface area contributed by atoms with Gasteiger partial charge in [0, 0.05) is 11.9 Å². The van der Waals surface area contributed by atoms with Gasteiger partial charge in [0.2, 0.25) is 5.95 Å². The van der Waals surface area contributed by atoms with Crippen LogP contribution >= 0.6 is 27.3 Å². The molecule has 1 atom stereocenters. The smallest absolute Gasteiger partial charge is 0.227 e. The summed E-state index contributed by atoms with van der Waals surface area (Å²) in [6.45, 7) is 0.998. The normalized spacial score (nSPS) is 18.5. The number of rotatable bonds is 3. The molecule has 22 heavy (non-hydrogen) atoms. The highest BCUT2D eigenvalue weighted by molar-refractivity contribution is 9.10. The molecular formula is C15H14BrN3O2S. The lowest BCUT2D eigenvalue weighted by Gasteiger charge is -2.23. The summed E-state index contributed by atoms with van der Waals surface area (Å²) < 4.78 is 7.51. The van der Waals surface area contributed by atoms with Crippen molar-refractivity contribution < 1.29 is 9.52 Å². The molecule has 1 aliphatic rings. The molecule has 4 rings (SSSR count). The first-order chi connectivity index (χ1) is 10.8. The monoisotopic (exact) mass is 379 g/mol. The van der Waals surface area contributed by atoms with Crippen molar-refractivity contribution in [1.82, 2.24) is 9.97 Å². The van der Waals surface area contributed by atoms with E-state index in [1.54, 1.807) is 17.6 Å². The molecule has 1 unspecified atom stereocenters. The third-order valence-electron chi connectivity index (χ3n) is 3.96. The van der Waals surface area contributed by atoms with E-state index in [-0.39, 0.29) is 12.6 Å². The Labute approximate surface area is 139 Å². The second kappa shape index (κ2) is 5.64. The van der Waals surface area contributed by atoms with Gasteiger partial charge in [-0.2, -0.15) is 0 Å². The Bertz CT molecular complexity index is 803. The predicted molar refractivity (Wildman–Crippen MR) is 90.3 cm³/mol. The Balaban J connectivity index is 1.91. The van der Waals surface area contributed by atoms with Gasteiger partial charge in [0.25, 0.3) is 0 Å². The van der Waals surface area contributed by atoms with E-state index in [0.717, 1.165) is 45.5 Å². The fourth-order valence-electron chi connectivity index (χ4n) is 2.88. The number of anilines is 1. The number of fused-ring (bicyclic) bond motifs is 1. The van der Waals surface area contributed by atoms with E-state index in [4.69, 9.17) is 14.4 Å². The minimum Gasteiger partial charge on any atom is -0.463 e. The molecule has 0 saturated carbocycles. The largest absolute Gasteiger partial charge is 0.463 e. The highest BCUT2D eigenvalue weighted by Gasteiger charge is 2.27. The Kier molecular flexibility index (Phi) is 3.63. The van der Waals surface area contributed by atoms with Gasteiger partial charge in [-0.05, 0) is 40.9 Å². The molecule has 1 fully saturated rings. The Morgan fingerprint density at radius 3 is 3.14 bits per heavy atom. The van der Waals surface area contributed by atoms with Crippen LogP contribution in [0.4, 0.5) is 5.95 Å². The predicted octanol–water partition coefficient (Wildman–Crippen LogP) is 3.67. The van der Waals surface area contributed by atoms with Crippen molar-refractivity contribution in [3.8, 4) is 11.5 Å². The van der Waals surface area contributed by atoms with E-state index >= 15 is 0 Å². The summed E-state index contributed by atoms with van der Waals surface area (Å²) in [7, 11) is 0. The number of nitrogens with zero attached hydrogens (tertiary/aromatic N) is 3. The van der Waals surface area contributed by atoms with Gasteiger partial charge in [-0.3, -0.25) is 0 Å². The lowest BCUT2D eigenvalue weighted by atomic mass is 10.2. The molecule has 0 aliphatic carbocycles. The molecule has 1 saturated heterocycles. The van der Waals surface area contributed by atoms with Crippen molar-refractivity contribution >= 4 is 43.4 Å². The maximum atomic E-state index is 9.56. The molecule has 1 aliphatic heterocycles. The SMILES string of the molecule is OCC1CCCN1c1nc(-c2ccco2)c2scc(Br)c2n1. The molecule has 1 N–H and O–H groups in total. The van der Waals surface area contributed by atoms with Crippen LogP contribution in [0, 0.1) is 0 Å². The van der Waals surface area contributed by atoms with Gasteiger partial charge in [-0.25, -0.2) is 9.97 Å². The highest BCUT2D eigenvalue weighted by Crippen LogP contribution is 2.37. The summed E-state index contributed by atoms with van der Waals surface area (Å²) in [5.74, 6) is 1.40. The van der Waals surface area contributed by atoms with Crippen LogP contribution in [0.3, 0.4) is 0 Å². The fraction of sp³-hybridized carbons (Fsp3) is 0.333. The highest BCUT2D eigenvalue weighted by atomic mass is 79.9. The van der Waals surface area contributed by atoms with E-state index in [9.17, 15) is 5.11 Å². The number of aliphatic hydroxyl groups excluding tert-OH is 1. The molecule has 0 bridgehead atoms. The summed E-state index contributed by atoms with van der Waals surface area (Å²) in [6, 6.07) is 3.87. The molecule has 3 aromatic rings. The summed E-state index contributed by atoms with van der Waals surface area (Å²) in [5.41, 5.74) is 1.70. The first kappa shape index (κ1) is 14.2. The molecule has 4 heterocycles. The summed E-state index contributed by atoms with van der Waals surface area (Å²) in [5, 5.41) is 11.6. The minimum atomic E-state index is 0.0966. The maximum Gasteiger partial charge on any atom is 0.227 e. The maximum absolute atomic E-state index is 9.56. The third-order valence-corrected chi connectivity index (χ3v) is 5.84. The lowest BCUT2D eigenvalue weighted by Crippen LogP contribution is -2.33. The second-order valence-corrected chi connectivity index (χ2v) is 7.02. The third kappa shape index (κ3) is 2.24. The van der Waals surface area contributed by atoms with Crippen LogP contribution in [0.5, 0.6) is 0 Å².